The van der Waals surface area contributed by atoms with Gasteiger partial charge < -0.3 is 4.74 Å². The fourth-order valence-electron chi connectivity index (χ4n) is 2.38. The molecule has 1 fully saturated rings. The van der Waals surface area contributed by atoms with Crippen LogP contribution >= 0.6 is 0 Å². The van der Waals surface area contributed by atoms with Crippen molar-refractivity contribution in [1.82, 2.24) is 0 Å². The topological polar surface area (TPSA) is 9.23 Å². The van der Waals surface area contributed by atoms with Crippen LogP contribution in [0.15, 0.2) is 0 Å². The van der Waals surface area contributed by atoms with Gasteiger partial charge in [-0.1, -0.05) is 51.4 Å². The fraction of sp³-hybridized carbons (Fsp3) is 1.00. The summed E-state index contributed by atoms with van der Waals surface area (Å²) in [6, 6.07) is 0. The first-order chi connectivity index (χ1) is 7.34. The van der Waals surface area contributed by atoms with Gasteiger partial charge in [0.05, 0.1) is 6.10 Å². The highest BCUT2D eigenvalue weighted by molar-refractivity contribution is 4.70. The summed E-state index contributed by atoms with van der Waals surface area (Å²) in [7, 11) is 1.64. The molecule has 0 saturated heterocycles. The van der Waals surface area contributed by atoms with Gasteiger partial charge in [0.15, 0.2) is 0 Å². The summed E-state index contributed by atoms with van der Waals surface area (Å²) >= 11 is 0. The van der Waals surface area contributed by atoms with Gasteiger partial charge >= 0.3 is 0 Å². The van der Waals surface area contributed by atoms with Crippen LogP contribution in [0.2, 0.25) is 0 Å². The molecule has 1 aliphatic carbocycles. The Morgan fingerprint density at radius 1 is 0.800 bits per heavy atom. The number of methoxy groups -OCH3 is 1. The van der Waals surface area contributed by atoms with Crippen molar-refractivity contribution in [3.8, 4) is 0 Å². The van der Waals surface area contributed by atoms with Gasteiger partial charge in [0.2, 0.25) is 0 Å². The largest absolute Gasteiger partial charge is 0.378 e. The van der Waals surface area contributed by atoms with Crippen molar-refractivity contribution in [2.24, 2.45) is 0 Å². The SMILES string of the molecule is COC1CCCCCCCCCC[C@H]1F. The Labute approximate surface area is 93.4 Å². The van der Waals surface area contributed by atoms with E-state index in [1.807, 2.05) is 0 Å². The molecule has 0 amide bonds. The lowest BCUT2D eigenvalue weighted by Crippen LogP contribution is -2.24. The Kier molecular flexibility index (Phi) is 6.99. The van der Waals surface area contributed by atoms with Crippen LogP contribution in [0, 0.1) is 0 Å². The standard InChI is InChI=1S/C13H25FO/c1-15-13-11-9-7-5-3-2-4-6-8-10-12(13)14/h12-13H,2-11H2,1H3/t12-,13?/m1/s1. The summed E-state index contributed by atoms with van der Waals surface area (Å²) in [5, 5.41) is 0. The van der Waals surface area contributed by atoms with E-state index < -0.39 is 6.17 Å². The molecule has 1 nitrogen and oxygen atoms in total. The molecule has 1 aliphatic rings. The predicted octanol–water partition coefficient (Wildman–Crippen LogP) is 4.25. The van der Waals surface area contributed by atoms with Gasteiger partial charge in [0, 0.05) is 7.11 Å². The van der Waals surface area contributed by atoms with E-state index in [-0.39, 0.29) is 6.10 Å². The summed E-state index contributed by atoms with van der Waals surface area (Å²) in [5.74, 6) is 0. The third-order valence-electron chi connectivity index (χ3n) is 3.42. The van der Waals surface area contributed by atoms with Gasteiger partial charge in [-0.15, -0.1) is 0 Å². The molecule has 1 saturated carbocycles. The minimum absolute atomic E-state index is 0.149. The molecule has 0 bridgehead atoms. The number of ether oxygens (including phenoxy) is 1. The molecule has 0 aromatic carbocycles. The number of hydrogen-bond donors (Lipinski definition) is 0. The van der Waals surface area contributed by atoms with Crippen molar-refractivity contribution < 1.29 is 9.13 Å². The van der Waals surface area contributed by atoms with E-state index >= 15 is 0 Å². The van der Waals surface area contributed by atoms with Crippen molar-refractivity contribution in [3.63, 3.8) is 0 Å². The second kappa shape index (κ2) is 8.09. The number of halogens is 1. The molecule has 2 heteroatoms. The zero-order chi connectivity index (χ0) is 10.9. The molecule has 0 aliphatic heterocycles. The Morgan fingerprint density at radius 3 is 1.80 bits per heavy atom. The van der Waals surface area contributed by atoms with Crippen molar-refractivity contribution in [2.75, 3.05) is 7.11 Å². The molecular weight excluding hydrogens is 191 g/mol. The molecule has 15 heavy (non-hydrogen) atoms. The predicted molar refractivity (Wildman–Crippen MR) is 61.9 cm³/mol. The molecule has 0 N–H and O–H groups in total. The summed E-state index contributed by atoms with van der Waals surface area (Å²) in [6.45, 7) is 0. The zero-order valence-corrected chi connectivity index (χ0v) is 10.0. The van der Waals surface area contributed by atoms with Crippen LogP contribution in [0.1, 0.15) is 64.2 Å². The van der Waals surface area contributed by atoms with Crippen molar-refractivity contribution >= 4 is 0 Å². The average molecular weight is 216 g/mol. The maximum atomic E-state index is 13.7. The van der Waals surface area contributed by atoms with Gasteiger partial charge in [-0.3, -0.25) is 0 Å². The lowest BCUT2D eigenvalue weighted by molar-refractivity contribution is 0.0201. The van der Waals surface area contributed by atoms with E-state index in [2.05, 4.69) is 0 Å². The second-order valence-corrected chi connectivity index (χ2v) is 4.70. The maximum absolute atomic E-state index is 13.7. The molecule has 0 radical (unpaired) electrons. The van der Waals surface area contributed by atoms with Crippen molar-refractivity contribution in [2.45, 2.75) is 76.5 Å². The van der Waals surface area contributed by atoms with E-state index in [1.165, 1.54) is 38.5 Å². The van der Waals surface area contributed by atoms with Gasteiger partial charge in [-0.05, 0) is 12.8 Å². The van der Waals surface area contributed by atoms with Gasteiger partial charge in [-0.2, -0.15) is 0 Å². The third kappa shape index (κ3) is 5.50. The van der Waals surface area contributed by atoms with E-state index in [9.17, 15) is 4.39 Å². The average Bonchev–Trinajstić information content (AvgIpc) is 2.23. The summed E-state index contributed by atoms with van der Waals surface area (Å²) in [5.41, 5.74) is 0. The van der Waals surface area contributed by atoms with Crippen LogP contribution in [0.3, 0.4) is 0 Å². The molecule has 0 aromatic heterocycles. The lowest BCUT2D eigenvalue weighted by Gasteiger charge is -2.20. The van der Waals surface area contributed by atoms with Crippen LogP contribution in [0.4, 0.5) is 4.39 Å². The second-order valence-electron chi connectivity index (χ2n) is 4.70. The first kappa shape index (κ1) is 13.0. The van der Waals surface area contributed by atoms with Crippen molar-refractivity contribution in [1.29, 1.82) is 0 Å². The molecule has 90 valence electrons. The zero-order valence-electron chi connectivity index (χ0n) is 10.0. The molecule has 0 spiro atoms. The normalized spacial score (nSPS) is 31.6. The Morgan fingerprint density at radius 2 is 1.27 bits per heavy atom. The van der Waals surface area contributed by atoms with Crippen LogP contribution in [0.25, 0.3) is 0 Å². The van der Waals surface area contributed by atoms with E-state index in [0.717, 1.165) is 19.3 Å². The van der Waals surface area contributed by atoms with Crippen molar-refractivity contribution in [3.05, 3.63) is 0 Å². The lowest BCUT2D eigenvalue weighted by atomic mass is 9.98. The van der Waals surface area contributed by atoms with Gasteiger partial charge in [0.1, 0.15) is 6.17 Å². The van der Waals surface area contributed by atoms with Gasteiger partial charge in [0.25, 0.3) is 0 Å². The molecular formula is C13H25FO. The summed E-state index contributed by atoms with van der Waals surface area (Å²) in [6.07, 6.45) is 10.6. The first-order valence-electron chi connectivity index (χ1n) is 6.51. The fourth-order valence-corrected chi connectivity index (χ4v) is 2.38. The molecule has 0 heterocycles. The summed E-state index contributed by atoms with van der Waals surface area (Å²) < 4.78 is 18.9. The molecule has 2 atom stereocenters. The quantitative estimate of drug-likeness (QED) is 0.636. The highest BCUT2D eigenvalue weighted by Crippen LogP contribution is 2.20. The number of hydrogen-bond acceptors (Lipinski definition) is 1. The van der Waals surface area contributed by atoms with Crippen LogP contribution in [-0.2, 0) is 4.74 Å². The number of alkyl halides is 1. The Balaban J connectivity index is 2.30. The minimum atomic E-state index is -0.741. The Bertz CT molecular complexity index is 149. The smallest absolute Gasteiger partial charge is 0.126 e. The van der Waals surface area contributed by atoms with Gasteiger partial charge in [-0.25, -0.2) is 4.39 Å². The van der Waals surface area contributed by atoms with E-state index in [0.29, 0.717) is 6.42 Å². The molecule has 1 rings (SSSR count). The first-order valence-corrected chi connectivity index (χ1v) is 6.51. The minimum Gasteiger partial charge on any atom is -0.378 e. The summed E-state index contributed by atoms with van der Waals surface area (Å²) in [4.78, 5) is 0. The maximum Gasteiger partial charge on any atom is 0.126 e. The molecule has 0 aromatic rings. The highest BCUT2D eigenvalue weighted by atomic mass is 19.1. The van der Waals surface area contributed by atoms with E-state index in [1.54, 1.807) is 7.11 Å². The number of rotatable bonds is 1. The Hall–Kier alpha value is -0.110. The monoisotopic (exact) mass is 216 g/mol. The van der Waals surface area contributed by atoms with Crippen LogP contribution in [0.5, 0.6) is 0 Å². The highest BCUT2D eigenvalue weighted by Gasteiger charge is 2.19. The van der Waals surface area contributed by atoms with E-state index in [4.69, 9.17) is 4.74 Å². The molecule has 1 unspecified atom stereocenters. The third-order valence-corrected chi connectivity index (χ3v) is 3.42. The van der Waals surface area contributed by atoms with Crippen LogP contribution in [-0.4, -0.2) is 19.4 Å². The van der Waals surface area contributed by atoms with Crippen LogP contribution < -0.4 is 0 Å².